The van der Waals surface area contributed by atoms with E-state index in [0.717, 1.165) is 93.6 Å². The van der Waals surface area contributed by atoms with E-state index < -0.39 is 22.9 Å². The largest absolute Gasteiger partial charge is 0.483 e. The van der Waals surface area contributed by atoms with Crippen molar-refractivity contribution < 1.29 is 30.5 Å². The zero-order valence-corrected chi connectivity index (χ0v) is 41.9. The topological polar surface area (TPSA) is 88.2 Å². The third kappa shape index (κ3) is 8.39. The normalized spacial score (nSPS) is 12.1. The van der Waals surface area contributed by atoms with Gasteiger partial charge in [0.1, 0.15) is 17.4 Å². The third-order valence-electron chi connectivity index (χ3n) is 13.9. The number of nitrogens with zero attached hydrogens (tertiary/aromatic N) is 4. The lowest BCUT2D eigenvalue weighted by Crippen LogP contribution is -2.19. The summed E-state index contributed by atoms with van der Waals surface area (Å²) in [6.45, 7) is -1.37. The van der Waals surface area contributed by atoms with Crippen molar-refractivity contribution in [1.82, 2.24) is 19.1 Å². The molecule has 0 saturated heterocycles. The Balaban J connectivity index is 0.000000147. The number of ether oxygens (including phenoxy) is 1. The molecule has 12 aromatic carbocycles. The number of alkyl halides is 3. The average molecular weight is 1030 g/mol. The van der Waals surface area contributed by atoms with Gasteiger partial charge >= 0.3 is 16.3 Å². The van der Waals surface area contributed by atoms with E-state index in [9.17, 15) is 21.6 Å². The molecule has 0 fully saturated rings. The molecule has 2 aromatic heterocycles. The summed E-state index contributed by atoms with van der Waals surface area (Å²) in [5.41, 5.74) is 6.69. The van der Waals surface area contributed by atoms with Crippen molar-refractivity contribution in [3.05, 3.63) is 231 Å². The van der Waals surface area contributed by atoms with Gasteiger partial charge in [-0.15, -0.1) is 0 Å². The van der Waals surface area contributed by atoms with Crippen molar-refractivity contribution >= 4 is 96.8 Å². The van der Waals surface area contributed by atoms with Gasteiger partial charge in [0.15, 0.2) is 12.4 Å². The summed E-state index contributed by atoms with van der Waals surface area (Å²) < 4.78 is 79.6. The van der Waals surface area contributed by atoms with E-state index in [1.165, 1.54) is 0 Å². The van der Waals surface area contributed by atoms with Gasteiger partial charge < -0.3 is 8.92 Å². The average Bonchev–Trinajstić information content (AvgIpc) is 4.28. The maximum atomic E-state index is 13.1. The van der Waals surface area contributed by atoms with Gasteiger partial charge in [-0.1, -0.05) is 194 Å². The fraction of sp³-hybridized carbons (Fsp3) is 0.0462. The number of aromatic nitrogens is 4. The van der Waals surface area contributed by atoms with Gasteiger partial charge in [-0.05, 0) is 68.7 Å². The smallest absolute Gasteiger partial charge is 0.422 e. The molecule has 0 atom stereocenters. The summed E-state index contributed by atoms with van der Waals surface area (Å²) in [4.78, 5) is 10.4. The fourth-order valence-corrected chi connectivity index (χ4v) is 11.3. The first kappa shape index (κ1) is 47.2. The highest BCUT2D eigenvalue weighted by atomic mass is 32.2. The molecule has 0 amide bonds. The van der Waals surface area contributed by atoms with Gasteiger partial charge in [0.25, 0.3) is 0 Å². The Morgan fingerprint density at radius 1 is 0.429 bits per heavy atom. The monoisotopic (exact) mass is 1030 g/mol. The van der Waals surface area contributed by atoms with Crippen molar-refractivity contribution in [1.29, 1.82) is 0 Å². The number of hydrogen-bond acceptors (Lipinski definition) is 6. The number of fused-ring (bicyclic) bond motifs is 14. The van der Waals surface area contributed by atoms with Gasteiger partial charge in [-0.25, -0.2) is 9.97 Å². The number of hydrogen-bond donors (Lipinski definition) is 0. The summed E-state index contributed by atoms with van der Waals surface area (Å²) in [7, 11) is -3.81. The molecule has 0 saturated carbocycles. The Hall–Kier alpha value is -9.52. The van der Waals surface area contributed by atoms with Crippen LogP contribution in [0.3, 0.4) is 0 Å². The SMILES string of the molecule is CS(=O)(=O)Oc1c(-c2nc3c4ccccc4c4ccccc4c3n2-c2ccccc2)ccc2ccccc12.FC(F)(F)COc1cccc2cccc(-c3nc4c5ccccc5c5ccccc5c4n3-c3ccccc3)c12. The van der Waals surface area contributed by atoms with Crippen LogP contribution in [0.2, 0.25) is 0 Å². The molecule has 0 aliphatic heterocycles. The second-order valence-corrected chi connectivity index (χ2v) is 20.4. The molecule has 12 heteroatoms. The van der Waals surface area contributed by atoms with E-state index in [-0.39, 0.29) is 11.5 Å². The van der Waals surface area contributed by atoms with E-state index in [2.05, 4.69) is 57.7 Å². The molecule has 77 heavy (non-hydrogen) atoms. The zero-order chi connectivity index (χ0) is 52.4. The molecule has 0 bridgehead atoms. The summed E-state index contributed by atoms with van der Waals surface area (Å²) in [6, 6.07) is 75.3. The minimum absolute atomic E-state index is 0.168. The van der Waals surface area contributed by atoms with Crippen LogP contribution in [-0.4, -0.2) is 46.6 Å². The van der Waals surface area contributed by atoms with Crippen LogP contribution >= 0.6 is 0 Å². The molecule has 14 rings (SSSR count). The highest BCUT2D eigenvalue weighted by molar-refractivity contribution is 7.86. The minimum Gasteiger partial charge on any atom is -0.483 e. The fourth-order valence-electron chi connectivity index (χ4n) is 10.9. The van der Waals surface area contributed by atoms with Crippen LogP contribution in [0.4, 0.5) is 13.2 Å². The van der Waals surface area contributed by atoms with Gasteiger partial charge in [-0.2, -0.15) is 21.6 Å². The first-order chi connectivity index (χ1) is 37.5. The maximum absolute atomic E-state index is 13.1. The number of benzene rings is 12. The Kier molecular flexibility index (Phi) is 11.5. The number of rotatable bonds is 8. The van der Waals surface area contributed by atoms with E-state index >= 15 is 0 Å². The maximum Gasteiger partial charge on any atom is 0.422 e. The summed E-state index contributed by atoms with van der Waals surface area (Å²) >= 11 is 0. The Labute approximate surface area is 439 Å². The summed E-state index contributed by atoms with van der Waals surface area (Å²) in [5.74, 6) is 1.68. The van der Waals surface area contributed by atoms with Crippen LogP contribution in [0, 0.1) is 0 Å². The standard InChI is InChI=1S/C33H21F3N2O.C32H22N2O3S/c34-33(35,36)20-39-28-19-9-11-21-10-8-18-27(29(21)28)32-37-30-25-16-6-4-14-23(25)24-15-5-7-17-26(24)31(30)38(32)22-12-2-1-3-13-22;1-38(35,36)37-31-23-14-6-5-11-21(23)19-20-28(31)32-33-29-26-17-9-7-15-24(26)25-16-8-10-18-27(25)30(29)34(32)22-12-3-2-4-13-22/h1-19H,20H2;2-20H,1H3. The Morgan fingerprint density at radius 3 is 1.35 bits per heavy atom. The molecular formula is C65H43F3N4O4S. The zero-order valence-electron chi connectivity index (χ0n) is 41.1. The van der Waals surface area contributed by atoms with E-state index in [4.69, 9.17) is 18.9 Å². The molecule has 0 radical (unpaired) electrons. The summed E-state index contributed by atoms with van der Waals surface area (Å²) in [5, 5.41) is 11.5. The molecule has 0 aliphatic rings. The van der Waals surface area contributed by atoms with Gasteiger partial charge in [0.05, 0.1) is 33.9 Å². The lowest BCUT2D eigenvalue weighted by atomic mass is 10.00. The van der Waals surface area contributed by atoms with Crippen molar-refractivity contribution in [3.63, 3.8) is 0 Å². The highest BCUT2D eigenvalue weighted by Gasteiger charge is 2.30. The predicted molar refractivity (Wildman–Crippen MR) is 305 cm³/mol. The quantitative estimate of drug-likeness (QED) is 0.111. The molecule has 0 aliphatic carbocycles. The van der Waals surface area contributed by atoms with Crippen molar-refractivity contribution in [2.75, 3.05) is 12.9 Å². The van der Waals surface area contributed by atoms with Crippen molar-refractivity contribution in [2.45, 2.75) is 6.18 Å². The highest BCUT2D eigenvalue weighted by Crippen LogP contribution is 2.45. The predicted octanol–water partition coefficient (Wildman–Crippen LogP) is 16.6. The number of halogens is 3. The summed E-state index contributed by atoms with van der Waals surface area (Å²) in [6.07, 6.45) is -3.38. The van der Waals surface area contributed by atoms with Crippen LogP contribution in [0.15, 0.2) is 231 Å². The molecule has 14 aromatic rings. The molecule has 8 nitrogen and oxygen atoms in total. The van der Waals surface area contributed by atoms with Crippen LogP contribution in [0.5, 0.6) is 11.5 Å². The Bertz CT molecular complexity index is 4750. The van der Waals surface area contributed by atoms with E-state index in [1.807, 2.05) is 170 Å². The van der Waals surface area contributed by atoms with Gasteiger partial charge in [0.2, 0.25) is 0 Å². The first-order valence-electron chi connectivity index (χ1n) is 24.9. The van der Waals surface area contributed by atoms with Crippen LogP contribution in [0.25, 0.3) is 121 Å². The molecule has 2 heterocycles. The van der Waals surface area contributed by atoms with Gasteiger partial charge in [-0.3, -0.25) is 9.13 Å². The molecule has 374 valence electrons. The minimum atomic E-state index is -4.45. The molecule has 0 N–H and O–H groups in total. The molecule has 0 unspecified atom stereocenters. The van der Waals surface area contributed by atoms with Crippen molar-refractivity contribution in [3.8, 4) is 45.6 Å². The van der Waals surface area contributed by atoms with Crippen LogP contribution < -0.4 is 8.92 Å². The second kappa shape index (κ2) is 18.7. The van der Waals surface area contributed by atoms with E-state index in [1.54, 1.807) is 12.1 Å². The number of para-hydroxylation sites is 2. The lowest BCUT2D eigenvalue weighted by molar-refractivity contribution is -0.153. The lowest BCUT2D eigenvalue weighted by Gasteiger charge is -2.16. The van der Waals surface area contributed by atoms with Crippen LogP contribution in [0.1, 0.15) is 0 Å². The van der Waals surface area contributed by atoms with Crippen molar-refractivity contribution in [2.24, 2.45) is 0 Å². The van der Waals surface area contributed by atoms with Crippen LogP contribution in [-0.2, 0) is 10.1 Å². The first-order valence-corrected chi connectivity index (χ1v) is 26.7. The number of imidazole rings is 2. The third-order valence-corrected chi connectivity index (χ3v) is 14.4. The second-order valence-electron chi connectivity index (χ2n) is 18.8. The molecule has 0 spiro atoms. The Morgan fingerprint density at radius 2 is 0.844 bits per heavy atom. The molecular weight excluding hydrogens is 990 g/mol. The van der Waals surface area contributed by atoms with E-state index in [0.29, 0.717) is 33.5 Å². The van der Waals surface area contributed by atoms with Gasteiger partial charge in [0, 0.05) is 49.3 Å².